The zero-order valence-electron chi connectivity index (χ0n) is 11.4. The number of Topliss-reactive ketones (excluding diaryl/α,β-unsaturated/α-hetero) is 1. The standard InChI is InChI=1S/C17H15NOS/c1-11-8-9-15-14(10-11)16(12(2)19)17(18-15)20-13-6-4-3-5-7-13/h3-10,18H,1-2H3. The predicted molar refractivity (Wildman–Crippen MR) is 83.6 cm³/mol. The number of carbonyl (C=O) groups excluding carboxylic acids is 1. The van der Waals surface area contributed by atoms with E-state index in [4.69, 9.17) is 0 Å². The van der Waals surface area contributed by atoms with Crippen molar-refractivity contribution in [1.29, 1.82) is 0 Å². The monoisotopic (exact) mass is 281 g/mol. The van der Waals surface area contributed by atoms with Crippen molar-refractivity contribution in [3.8, 4) is 0 Å². The van der Waals surface area contributed by atoms with Crippen LogP contribution in [0.5, 0.6) is 0 Å². The number of aromatic nitrogens is 1. The Balaban J connectivity index is 2.15. The molecular weight excluding hydrogens is 266 g/mol. The normalized spacial score (nSPS) is 10.9. The van der Waals surface area contributed by atoms with Crippen LogP contribution >= 0.6 is 11.8 Å². The number of fused-ring (bicyclic) bond motifs is 1. The van der Waals surface area contributed by atoms with Crippen molar-refractivity contribution in [3.05, 3.63) is 59.7 Å². The van der Waals surface area contributed by atoms with Crippen LogP contribution in [0.15, 0.2) is 58.5 Å². The molecule has 0 saturated carbocycles. The Kier molecular flexibility index (Phi) is 3.36. The lowest BCUT2D eigenvalue weighted by Gasteiger charge is -2.01. The van der Waals surface area contributed by atoms with Crippen LogP contribution in [0.2, 0.25) is 0 Å². The van der Waals surface area contributed by atoms with Crippen molar-refractivity contribution < 1.29 is 4.79 Å². The van der Waals surface area contributed by atoms with Gasteiger partial charge in [-0.2, -0.15) is 0 Å². The Bertz CT molecular complexity index is 774. The minimum atomic E-state index is 0.0975. The first-order valence-corrected chi connectivity index (χ1v) is 7.33. The van der Waals surface area contributed by atoms with E-state index in [9.17, 15) is 4.79 Å². The number of benzene rings is 2. The predicted octanol–water partition coefficient (Wildman–Crippen LogP) is 4.83. The number of ketones is 1. The van der Waals surface area contributed by atoms with E-state index in [1.807, 2.05) is 43.3 Å². The van der Waals surface area contributed by atoms with E-state index in [0.29, 0.717) is 0 Å². The van der Waals surface area contributed by atoms with Crippen molar-refractivity contribution in [2.24, 2.45) is 0 Å². The molecule has 2 nitrogen and oxygen atoms in total. The number of H-pyrrole nitrogens is 1. The third-order valence-corrected chi connectivity index (χ3v) is 4.25. The molecule has 0 amide bonds. The number of hydrogen-bond acceptors (Lipinski definition) is 2. The maximum Gasteiger partial charge on any atom is 0.163 e. The highest BCUT2D eigenvalue weighted by Gasteiger charge is 2.16. The van der Waals surface area contributed by atoms with E-state index in [-0.39, 0.29) is 5.78 Å². The topological polar surface area (TPSA) is 32.9 Å². The van der Waals surface area contributed by atoms with Crippen LogP contribution in [-0.4, -0.2) is 10.8 Å². The first kappa shape index (κ1) is 13.0. The Labute approximate surface area is 122 Å². The van der Waals surface area contributed by atoms with Crippen LogP contribution in [-0.2, 0) is 0 Å². The molecule has 3 rings (SSSR count). The van der Waals surface area contributed by atoms with Crippen LogP contribution < -0.4 is 0 Å². The fourth-order valence-electron chi connectivity index (χ4n) is 2.31. The Hall–Kier alpha value is -2.00. The smallest absolute Gasteiger partial charge is 0.163 e. The summed E-state index contributed by atoms with van der Waals surface area (Å²) < 4.78 is 0. The van der Waals surface area contributed by atoms with Crippen molar-refractivity contribution >= 4 is 28.4 Å². The molecule has 3 aromatic rings. The Morgan fingerprint density at radius 1 is 1.10 bits per heavy atom. The van der Waals surface area contributed by atoms with Crippen LogP contribution in [0.25, 0.3) is 10.9 Å². The van der Waals surface area contributed by atoms with Crippen LogP contribution in [0.4, 0.5) is 0 Å². The highest BCUT2D eigenvalue weighted by atomic mass is 32.2. The van der Waals surface area contributed by atoms with Gasteiger partial charge in [-0.15, -0.1) is 0 Å². The summed E-state index contributed by atoms with van der Waals surface area (Å²) in [5, 5.41) is 1.93. The summed E-state index contributed by atoms with van der Waals surface area (Å²) in [5.41, 5.74) is 2.96. The van der Waals surface area contributed by atoms with Gasteiger partial charge in [-0.3, -0.25) is 4.79 Å². The number of aromatic amines is 1. The highest BCUT2D eigenvalue weighted by Crippen LogP contribution is 2.34. The van der Waals surface area contributed by atoms with Gasteiger partial charge in [-0.05, 0) is 38.1 Å². The third-order valence-electron chi connectivity index (χ3n) is 3.23. The lowest BCUT2D eigenvalue weighted by atomic mass is 10.1. The molecule has 0 unspecified atom stereocenters. The minimum Gasteiger partial charge on any atom is -0.349 e. The molecule has 1 N–H and O–H groups in total. The SMILES string of the molecule is CC(=O)c1c(Sc2ccccc2)[nH]c2ccc(C)cc12. The quantitative estimate of drug-likeness (QED) is 0.697. The first-order valence-electron chi connectivity index (χ1n) is 6.51. The first-order chi connectivity index (χ1) is 9.65. The lowest BCUT2D eigenvalue weighted by Crippen LogP contribution is -1.92. The molecule has 0 aliphatic carbocycles. The number of rotatable bonds is 3. The zero-order chi connectivity index (χ0) is 14.1. The van der Waals surface area contributed by atoms with Crippen LogP contribution in [0, 0.1) is 6.92 Å². The van der Waals surface area contributed by atoms with Crippen molar-refractivity contribution in [1.82, 2.24) is 4.98 Å². The minimum absolute atomic E-state index is 0.0975. The maximum absolute atomic E-state index is 12.0. The summed E-state index contributed by atoms with van der Waals surface area (Å²) in [6.07, 6.45) is 0. The van der Waals surface area contributed by atoms with Gasteiger partial charge in [0.25, 0.3) is 0 Å². The molecule has 20 heavy (non-hydrogen) atoms. The second kappa shape index (κ2) is 5.17. The van der Waals surface area contributed by atoms with Crippen molar-refractivity contribution in [2.45, 2.75) is 23.8 Å². The number of aryl methyl sites for hydroxylation is 1. The van der Waals surface area contributed by atoms with Gasteiger partial charge in [-0.1, -0.05) is 41.6 Å². The molecule has 0 bridgehead atoms. The van der Waals surface area contributed by atoms with Crippen LogP contribution in [0.1, 0.15) is 22.8 Å². The number of carbonyl (C=O) groups is 1. The van der Waals surface area contributed by atoms with Gasteiger partial charge in [0.05, 0.1) is 10.6 Å². The molecule has 0 aliphatic rings. The molecule has 1 heterocycles. The summed E-state index contributed by atoms with van der Waals surface area (Å²) in [6, 6.07) is 16.2. The van der Waals surface area contributed by atoms with Gasteiger partial charge >= 0.3 is 0 Å². The molecule has 0 atom stereocenters. The average molecular weight is 281 g/mol. The third kappa shape index (κ3) is 2.37. The molecule has 1 aromatic heterocycles. The van der Waals surface area contributed by atoms with Gasteiger partial charge in [-0.25, -0.2) is 0 Å². The molecule has 0 saturated heterocycles. The van der Waals surface area contributed by atoms with Crippen molar-refractivity contribution in [3.63, 3.8) is 0 Å². The lowest BCUT2D eigenvalue weighted by molar-refractivity contribution is 0.101. The average Bonchev–Trinajstić information content (AvgIpc) is 2.77. The molecule has 2 aromatic carbocycles. The fraction of sp³-hybridized carbons (Fsp3) is 0.118. The Morgan fingerprint density at radius 2 is 1.85 bits per heavy atom. The Morgan fingerprint density at radius 3 is 2.55 bits per heavy atom. The summed E-state index contributed by atoms with van der Waals surface area (Å²) in [4.78, 5) is 16.5. The van der Waals surface area contributed by atoms with Gasteiger partial charge in [0.15, 0.2) is 5.78 Å². The molecular formula is C17H15NOS. The largest absolute Gasteiger partial charge is 0.349 e. The molecule has 100 valence electrons. The summed E-state index contributed by atoms with van der Waals surface area (Å²) in [5.74, 6) is 0.0975. The molecule has 0 spiro atoms. The second-order valence-corrected chi connectivity index (χ2v) is 5.93. The summed E-state index contributed by atoms with van der Waals surface area (Å²) in [7, 11) is 0. The van der Waals surface area contributed by atoms with Crippen LogP contribution in [0.3, 0.4) is 0 Å². The van der Waals surface area contributed by atoms with E-state index in [1.165, 1.54) is 0 Å². The highest BCUT2D eigenvalue weighted by molar-refractivity contribution is 7.99. The number of nitrogens with one attached hydrogen (secondary N) is 1. The zero-order valence-corrected chi connectivity index (χ0v) is 12.3. The van der Waals surface area contributed by atoms with Gasteiger partial charge in [0.1, 0.15) is 0 Å². The van der Waals surface area contributed by atoms with E-state index in [1.54, 1.807) is 18.7 Å². The molecule has 0 fully saturated rings. The van der Waals surface area contributed by atoms with Gasteiger partial charge in [0.2, 0.25) is 0 Å². The summed E-state index contributed by atoms with van der Waals surface area (Å²) in [6.45, 7) is 3.67. The van der Waals surface area contributed by atoms with E-state index in [0.717, 1.165) is 32.0 Å². The van der Waals surface area contributed by atoms with E-state index in [2.05, 4.69) is 17.1 Å². The van der Waals surface area contributed by atoms with E-state index >= 15 is 0 Å². The maximum atomic E-state index is 12.0. The second-order valence-electron chi connectivity index (χ2n) is 4.85. The van der Waals surface area contributed by atoms with Gasteiger partial charge < -0.3 is 4.98 Å². The molecule has 3 heteroatoms. The molecule has 0 radical (unpaired) electrons. The fourth-order valence-corrected chi connectivity index (χ4v) is 3.36. The van der Waals surface area contributed by atoms with Gasteiger partial charge in [0, 0.05) is 15.8 Å². The summed E-state index contributed by atoms with van der Waals surface area (Å²) >= 11 is 1.60. The molecule has 0 aliphatic heterocycles. The number of hydrogen-bond donors (Lipinski definition) is 1. The van der Waals surface area contributed by atoms with Crippen molar-refractivity contribution in [2.75, 3.05) is 0 Å². The van der Waals surface area contributed by atoms with E-state index < -0.39 is 0 Å².